The van der Waals surface area contributed by atoms with Crippen LogP contribution in [0, 0.1) is 31.6 Å². The molecule has 1 aromatic carbocycles. The van der Waals surface area contributed by atoms with Crippen molar-refractivity contribution in [1.82, 2.24) is 10.6 Å². The third kappa shape index (κ3) is 3.12. The highest BCUT2D eigenvalue weighted by Crippen LogP contribution is 2.48. The number of carbonyl (C=O) groups excluding carboxylic acids is 1. The first-order valence-corrected chi connectivity index (χ1v) is 8.10. The van der Waals surface area contributed by atoms with Crippen LogP contribution in [0.15, 0.2) is 18.2 Å². The number of amides is 1. The average Bonchev–Trinajstić information content (AvgIpc) is 2.91. The predicted octanol–water partition coefficient (Wildman–Crippen LogP) is 2.04. The van der Waals surface area contributed by atoms with Gasteiger partial charge in [-0.05, 0) is 64.3 Å². The molecule has 0 radical (unpaired) electrons. The van der Waals surface area contributed by atoms with Crippen LogP contribution >= 0.6 is 0 Å². The van der Waals surface area contributed by atoms with Crippen LogP contribution in [0.25, 0.3) is 0 Å². The maximum Gasteiger partial charge on any atom is 0.224 e. The van der Waals surface area contributed by atoms with E-state index in [0.29, 0.717) is 18.4 Å². The maximum absolute atomic E-state index is 12.4. The summed E-state index contributed by atoms with van der Waals surface area (Å²) in [5, 5.41) is 6.48. The number of nitrogens with one attached hydrogen (secondary N) is 2. The number of rotatable bonds is 5. The van der Waals surface area contributed by atoms with Crippen molar-refractivity contribution in [1.29, 1.82) is 0 Å². The minimum Gasteiger partial charge on any atom is -0.491 e. The van der Waals surface area contributed by atoms with Crippen molar-refractivity contribution < 1.29 is 9.53 Å². The normalized spacial score (nSPS) is 26.5. The first kappa shape index (κ1) is 15.3. The molecule has 0 aromatic heterocycles. The minimum atomic E-state index is -0.362. The Bertz CT molecular complexity index is 572. The number of hydrogen-bond acceptors (Lipinski definition) is 3. The molecule has 0 spiro atoms. The Labute approximate surface area is 132 Å². The van der Waals surface area contributed by atoms with Gasteiger partial charge in [0.2, 0.25) is 5.91 Å². The Morgan fingerprint density at radius 3 is 2.64 bits per heavy atom. The van der Waals surface area contributed by atoms with Gasteiger partial charge in [-0.1, -0.05) is 17.7 Å². The lowest BCUT2D eigenvalue weighted by atomic mass is 10.1. The van der Waals surface area contributed by atoms with E-state index in [1.165, 1.54) is 5.56 Å². The Hall–Kier alpha value is -1.55. The summed E-state index contributed by atoms with van der Waals surface area (Å²) < 4.78 is 5.92. The van der Waals surface area contributed by atoms with E-state index in [0.717, 1.165) is 24.4 Å². The Morgan fingerprint density at radius 1 is 1.32 bits per heavy atom. The summed E-state index contributed by atoms with van der Waals surface area (Å²) >= 11 is 0. The Morgan fingerprint density at radius 2 is 2.00 bits per heavy atom. The van der Waals surface area contributed by atoms with E-state index in [-0.39, 0.29) is 17.4 Å². The smallest absolute Gasteiger partial charge is 0.224 e. The Kier molecular flexibility index (Phi) is 3.89. The standard InChI is InChI=1S/C18H26N2O2/c1-11-5-6-15(12(2)7-11)22-10-18(3,4)20-17(21)16-13-8-19-9-14(13)16/h5-7,13-14,16,19H,8-10H2,1-4H3,(H,20,21)/t13-,14+,16?. The zero-order chi connectivity index (χ0) is 15.9. The van der Waals surface area contributed by atoms with Gasteiger partial charge in [0, 0.05) is 5.92 Å². The van der Waals surface area contributed by atoms with Crippen LogP contribution in [0.4, 0.5) is 0 Å². The second-order valence-electron chi connectivity index (χ2n) is 7.44. The summed E-state index contributed by atoms with van der Waals surface area (Å²) in [6, 6.07) is 6.16. The van der Waals surface area contributed by atoms with Crippen LogP contribution in [-0.2, 0) is 4.79 Å². The summed E-state index contributed by atoms with van der Waals surface area (Å²) in [5.74, 6) is 2.39. The molecule has 1 aliphatic carbocycles. The molecular formula is C18H26N2O2. The van der Waals surface area contributed by atoms with E-state index in [1.54, 1.807) is 0 Å². The van der Waals surface area contributed by atoms with E-state index >= 15 is 0 Å². The largest absolute Gasteiger partial charge is 0.491 e. The lowest BCUT2D eigenvalue weighted by Gasteiger charge is -2.27. The molecule has 3 rings (SSSR count). The summed E-state index contributed by atoms with van der Waals surface area (Å²) in [7, 11) is 0. The molecule has 120 valence electrons. The van der Waals surface area contributed by atoms with Crippen molar-refractivity contribution in [2.75, 3.05) is 19.7 Å². The van der Waals surface area contributed by atoms with E-state index in [2.05, 4.69) is 23.6 Å². The van der Waals surface area contributed by atoms with Crippen LogP contribution in [0.1, 0.15) is 25.0 Å². The molecule has 1 amide bonds. The van der Waals surface area contributed by atoms with E-state index < -0.39 is 0 Å². The predicted molar refractivity (Wildman–Crippen MR) is 87.0 cm³/mol. The molecule has 1 saturated carbocycles. The van der Waals surface area contributed by atoms with E-state index in [4.69, 9.17) is 4.74 Å². The zero-order valence-electron chi connectivity index (χ0n) is 13.9. The van der Waals surface area contributed by atoms with Crippen LogP contribution in [-0.4, -0.2) is 31.1 Å². The number of piperidine rings is 1. The molecule has 2 aliphatic rings. The van der Waals surface area contributed by atoms with Crippen molar-refractivity contribution in [3.63, 3.8) is 0 Å². The van der Waals surface area contributed by atoms with Crippen LogP contribution in [0.2, 0.25) is 0 Å². The van der Waals surface area contributed by atoms with Gasteiger partial charge in [0.15, 0.2) is 0 Å². The minimum absolute atomic E-state index is 0.186. The third-order valence-corrected chi connectivity index (χ3v) is 4.77. The lowest BCUT2D eigenvalue weighted by molar-refractivity contribution is -0.125. The van der Waals surface area contributed by atoms with Gasteiger partial charge in [0.25, 0.3) is 0 Å². The fourth-order valence-electron chi connectivity index (χ4n) is 3.48. The van der Waals surface area contributed by atoms with Gasteiger partial charge in [-0.3, -0.25) is 4.79 Å². The first-order valence-electron chi connectivity index (χ1n) is 8.10. The molecule has 0 bridgehead atoms. The maximum atomic E-state index is 12.4. The lowest BCUT2D eigenvalue weighted by Crippen LogP contribution is -2.49. The second kappa shape index (κ2) is 5.58. The molecule has 2 fully saturated rings. The molecule has 3 atom stereocenters. The van der Waals surface area contributed by atoms with Gasteiger partial charge in [-0.25, -0.2) is 0 Å². The van der Waals surface area contributed by atoms with Crippen molar-refractivity contribution in [3.05, 3.63) is 29.3 Å². The molecular weight excluding hydrogens is 276 g/mol. The summed E-state index contributed by atoms with van der Waals surface area (Å²) in [6.07, 6.45) is 0. The third-order valence-electron chi connectivity index (χ3n) is 4.77. The highest BCUT2D eigenvalue weighted by atomic mass is 16.5. The number of aryl methyl sites for hydroxylation is 2. The SMILES string of the molecule is Cc1ccc(OCC(C)(C)NC(=O)C2[C@H]3CNC[C@@H]23)c(C)c1. The monoisotopic (exact) mass is 302 g/mol. The quantitative estimate of drug-likeness (QED) is 0.875. The number of carbonyl (C=O) groups is 1. The van der Waals surface area contributed by atoms with Crippen LogP contribution < -0.4 is 15.4 Å². The average molecular weight is 302 g/mol. The molecule has 1 unspecified atom stereocenters. The summed E-state index contributed by atoms with van der Waals surface area (Å²) in [5.41, 5.74) is 2.00. The molecule has 1 saturated heterocycles. The fourth-order valence-corrected chi connectivity index (χ4v) is 3.48. The van der Waals surface area contributed by atoms with Crippen molar-refractivity contribution in [2.24, 2.45) is 17.8 Å². The van der Waals surface area contributed by atoms with Crippen molar-refractivity contribution >= 4 is 5.91 Å². The molecule has 1 heterocycles. The van der Waals surface area contributed by atoms with Crippen molar-refractivity contribution in [2.45, 2.75) is 33.2 Å². The number of ether oxygens (including phenoxy) is 1. The van der Waals surface area contributed by atoms with Crippen LogP contribution in [0.5, 0.6) is 5.75 Å². The van der Waals surface area contributed by atoms with Crippen LogP contribution in [0.3, 0.4) is 0 Å². The second-order valence-corrected chi connectivity index (χ2v) is 7.44. The van der Waals surface area contributed by atoms with E-state index in [9.17, 15) is 4.79 Å². The first-order chi connectivity index (χ1) is 10.4. The van der Waals surface area contributed by atoms with Gasteiger partial charge in [-0.15, -0.1) is 0 Å². The highest BCUT2D eigenvalue weighted by Gasteiger charge is 2.57. The van der Waals surface area contributed by atoms with E-state index in [1.807, 2.05) is 32.9 Å². The molecule has 1 aliphatic heterocycles. The van der Waals surface area contributed by atoms with Gasteiger partial charge in [-0.2, -0.15) is 0 Å². The van der Waals surface area contributed by atoms with Crippen molar-refractivity contribution in [3.8, 4) is 5.75 Å². The molecule has 2 N–H and O–H groups in total. The molecule has 4 heteroatoms. The van der Waals surface area contributed by atoms with Gasteiger partial charge >= 0.3 is 0 Å². The number of hydrogen-bond donors (Lipinski definition) is 2. The number of fused-ring (bicyclic) bond motifs is 1. The summed E-state index contributed by atoms with van der Waals surface area (Å²) in [4.78, 5) is 12.4. The number of benzene rings is 1. The fraction of sp³-hybridized carbons (Fsp3) is 0.611. The van der Waals surface area contributed by atoms with Gasteiger partial charge < -0.3 is 15.4 Å². The molecule has 1 aromatic rings. The Balaban J connectivity index is 1.53. The van der Waals surface area contributed by atoms with Gasteiger partial charge in [0.1, 0.15) is 12.4 Å². The van der Waals surface area contributed by atoms with Gasteiger partial charge in [0.05, 0.1) is 5.54 Å². The molecule has 22 heavy (non-hydrogen) atoms. The summed E-state index contributed by atoms with van der Waals surface area (Å²) in [6.45, 7) is 10.6. The highest BCUT2D eigenvalue weighted by molar-refractivity contribution is 5.83. The molecule has 4 nitrogen and oxygen atoms in total. The zero-order valence-corrected chi connectivity index (χ0v) is 13.9. The topological polar surface area (TPSA) is 50.4 Å².